The van der Waals surface area contributed by atoms with Gasteiger partial charge in [-0.1, -0.05) is 0 Å². The third kappa shape index (κ3) is 3.20. The van der Waals surface area contributed by atoms with Crippen molar-refractivity contribution < 1.29 is 14.2 Å². The van der Waals surface area contributed by atoms with Crippen LogP contribution in [0, 0.1) is 5.82 Å². The Balaban J connectivity index is 1.73. The van der Waals surface area contributed by atoms with Crippen molar-refractivity contribution in [2.45, 2.75) is 25.5 Å². The molecule has 2 unspecified atom stereocenters. The number of benzene rings is 1. The van der Waals surface area contributed by atoms with E-state index in [1.807, 2.05) is 0 Å². The zero-order chi connectivity index (χ0) is 14.8. The lowest BCUT2D eigenvalue weighted by molar-refractivity contribution is 0.0209. The Bertz CT molecular complexity index is 489. The Labute approximate surface area is 125 Å². The van der Waals surface area contributed by atoms with Gasteiger partial charge in [-0.15, -0.1) is 0 Å². The van der Waals surface area contributed by atoms with E-state index in [0.29, 0.717) is 11.6 Å². The number of ether oxygens (including phenoxy) is 1. The highest BCUT2D eigenvalue weighted by Gasteiger charge is 2.30. The van der Waals surface area contributed by atoms with Gasteiger partial charge in [-0.05, 0) is 31.5 Å². The van der Waals surface area contributed by atoms with Gasteiger partial charge < -0.3 is 14.7 Å². The summed E-state index contributed by atoms with van der Waals surface area (Å²) in [6.07, 6.45) is 0.453. The van der Waals surface area contributed by atoms with E-state index in [2.05, 4.69) is 9.80 Å². The minimum atomic E-state index is -0.655. The van der Waals surface area contributed by atoms with Gasteiger partial charge in [0.05, 0.1) is 19.3 Å². The topological polar surface area (TPSA) is 35.9 Å². The summed E-state index contributed by atoms with van der Waals surface area (Å²) in [5.41, 5.74) is 1.64. The summed E-state index contributed by atoms with van der Waals surface area (Å²) in [7, 11) is 0. The van der Waals surface area contributed by atoms with E-state index in [-0.39, 0.29) is 5.82 Å². The predicted molar refractivity (Wildman–Crippen MR) is 80.0 cm³/mol. The first-order valence-electron chi connectivity index (χ1n) is 7.69. The van der Waals surface area contributed by atoms with Crippen LogP contribution in [0.4, 0.5) is 10.1 Å². The van der Waals surface area contributed by atoms with Crippen LogP contribution in [0.1, 0.15) is 25.0 Å². The van der Waals surface area contributed by atoms with Crippen molar-refractivity contribution in [3.8, 4) is 0 Å². The molecular weight excluding hydrogens is 271 g/mol. The standard InChI is InChI=1S/C16H23FN2O2/c1-12(20)15-10-13(17)2-3-16(15)19-5-4-14(11-19)18-6-8-21-9-7-18/h2-3,10,12,14,20H,4-9,11H2,1H3. The van der Waals surface area contributed by atoms with Crippen LogP contribution in [-0.4, -0.2) is 55.4 Å². The Morgan fingerprint density at radius 1 is 1.29 bits per heavy atom. The Hall–Kier alpha value is -1.17. The maximum Gasteiger partial charge on any atom is 0.123 e. The van der Waals surface area contributed by atoms with Crippen molar-refractivity contribution in [2.24, 2.45) is 0 Å². The lowest BCUT2D eigenvalue weighted by Crippen LogP contribution is -2.44. The molecule has 0 aliphatic carbocycles. The molecule has 0 spiro atoms. The van der Waals surface area contributed by atoms with Crippen LogP contribution in [0.5, 0.6) is 0 Å². The molecular formula is C16H23FN2O2. The highest BCUT2D eigenvalue weighted by Crippen LogP contribution is 2.31. The lowest BCUT2D eigenvalue weighted by atomic mass is 10.1. The number of halogens is 1. The fraction of sp³-hybridized carbons (Fsp3) is 0.625. The van der Waals surface area contributed by atoms with E-state index in [0.717, 1.165) is 51.5 Å². The van der Waals surface area contributed by atoms with Crippen LogP contribution in [0.2, 0.25) is 0 Å². The molecule has 2 aliphatic heterocycles. The maximum absolute atomic E-state index is 13.4. The molecule has 0 saturated carbocycles. The number of rotatable bonds is 3. The number of morpholine rings is 1. The van der Waals surface area contributed by atoms with Gasteiger partial charge in [-0.2, -0.15) is 0 Å². The maximum atomic E-state index is 13.4. The fourth-order valence-electron chi connectivity index (χ4n) is 3.35. The molecule has 1 aromatic rings. The van der Waals surface area contributed by atoms with Crippen molar-refractivity contribution >= 4 is 5.69 Å². The summed E-state index contributed by atoms with van der Waals surface area (Å²) in [5.74, 6) is -0.293. The summed E-state index contributed by atoms with van der Waals surface area (Å²) < 4.78 is 18.8. The predicted octanol–water partition coefficient (Wildman–Crippen LogP) is 1.79. The molecule has 2 aliphatic rings. The largest absolute Gasteiger partial charge is 0.389 e. The van der Waals surface area contributed by atoms with Gasteiger partial charge in [0.25, 0.3) is 0 Å². The normalized spacial score (nSPS) is 25.3. The second-order valence-electron chi connectivity index (χ2n) is 5.92. The number of nitrogens with zero attached hydrogens (tertiary/aromatic N) is 2. The van der Waals surface area contributed by atoms with E-state index < -0.39 is 6.10 Å². The molecule has 0 aromatic heterocycles. The first kappa shape index (κ1) is 14.8. The molecule has 21 heavy (non-hydrogen) atoms. The molecule has 4 nitrogen and oxygen atoms in total. The zero-order valence-corrected chi connectivity index (χ0v) is 12.5. The van der Waals surface area contributed by atoms with Gasteiger partial charge in [0.15, 0.2) is 0 Å². The third-order valence-electron chi connectivity index (χ3n) is 4.51. The minimum Gasteiger partial charge on any atom is -0.389 e. The van der Waals surface area contributed by atoms with E-state index in [1.54, 1.807) is 13.0 Å². The van der Waals surface area contributed by atoms with Crippen LogP contribution >= 0.6 is 0 Å². The number of anilines is 1. The molecule has 0 bridgehead atoms. The summed E-state index contributed by atoms with van der Waals surface area (Å²) in [6.45, 7) is 7.18. The summed E-state index contributed by atoms with van der Waals surface area (Å²) in [5, 5.41) is 9.88. The van der Waals surface area contributed by atoms with Crippen LogP contribution < -0.4 is 4.90 Å². The average Bonchev–Trinajstić information content (AvgIpc) is 2.97. The smallest absolute Gasteiger partial charge is 0.123 e. The van der Waals surface area contributed by atoms with E-state index in [9.17, 15) is 9.50 Å². The van der Waals surface area contributed by atoms with Crippen molar-refractivity contribution in [2.75, 3.05) is 44.3 Å². The van der Waals surface area contributed by atoms with Crippen molar-refractivity contribution in [1.82, 2.24) is 4.90 Å². The fourth-order valence-corrected chi connectivity index (χ4v) is 3.35. The second kappa shape index (κ2) is 6.30. The second-order valence-corrected chi connectivity index (χ2v) is 5.92. The summed E-state index contributed by atoms with van der Waals surface area (Å²) >= 11 is 0. The molecule has 5 heteroatoms. The lowest BCUT2D eigenvalue weighted by Gasteiger charge is -2.32. The number of aliphatic hydroxyl groups excluding tert-OH is 1. The van der Waals surface area contributed by atoms with Gasteiger partial charge in [0.2, 0.25) is 0 Å². The first-order valence-corrected chi connectivity index (χ1v) is 7.69. The minimum absolute atomic E-state index is 0.293. The quantitative estimate of drug-likeness (QED) is 0.922. The highest BCUT2D eigenvalue weighted by atomic mass is 19.1. The SMILES string of the molecule is CC(O)c1cc(F)ccc1N1CCC(N2CCOCC2)C1. The molecule has 1 N–H and O–H groups in total. The van der Waals surface area contributed by atoms with Gasteiger partial charge in [-0.3, -0.25) is 4.90 Å². The van der Waals surface area contributed by atoms with Crippen LogP contribution in [0.15, 0.2) is 18.2 Å². The van der Waals surface area contributed by atoms with Crippen molar-refractivity contribution in [3.63, 3.8) is 0 Å². The van der Waals surface area contributed by atoms with Crippen LogP contribution in [0.3, 0.4) is 0 Å². The molecule has 2 heterocycles. The zero-order valence-electron chi connectivity index (χ0n) is 12.5. The number of hydrogen-bond donors (Lipinski definition) is 1. The highest BCUT2D eigenvalue weighted by molar-refractivity contribution is 5.55. The van der Waals surface area contributed by atoms with Crippen molar-refractivity contribution in [1.29, 1.82) is 0 Å². The Kier molecular flexibility index (Phi) is 4.42. The molecule has 2 atom stereocenters. The van der Waals surface area contributed by atoms with Crippen molar-refractivity contribution in [3.05, 3.63) is 29.6 Å². The molecule has 2 saturated heterocycles. The third-order valence-corrected chi connectivity index (χ3v) is 4.51. The van der Waals surface area contributed by atoms with E-state index in [1.165, 1.54) is 12.1 Å². The summed E-state index contributed by atoms with van der Waals surface area (Å²) in [4.78, 5) is 4.75. The van der Waals surface area contributed by atoms with E-state index >= 15 is 0 Å². The van der Waals surface area contributed by atoms with Gasteiger partial charge in [0, 0.05) is 43.5 Å². The molecule has 0 radical (unpaired) electrons. The molecule has 116 valence electrons. The number of hydrogen-bond acceptors (Lipinski definition) is 4. The molecule has 2 fully saturated rings. The molecule has 3 rings (SSSR count). The first-order chi connectivity index (χ1) is 10.1. The average molecular weight is 294 g/mol. The van der Waals surface area contributed by atoms with Crippen LogP contribution in [0.25, 0.3) is 0 Å². The molecule has 1 aromatic carbocycles. The summed E-state index contributed by atoms with van der Waals surface area (Å²) in [6, 6.07) is 5.24. The van der Waals surface area contributed by atoms with E-state index in [4.69, 9.17) is 4.74 Å². The van der Waals surface area contributed by atoms with Gasteiger partial charge in [-0.25, -0.2) is 4.39 Å². The number of aliphatic hydroxyl groups is 1. The van der Waals surface area contributed by atoms with Gasteiger partial charge >= 0.3 is 0 Å². The van der Waals surface area contributed by atoms with Gasteiger partial charge in [0.1, 0.15) is 5.82 Å². The molecule has 0 amide bonds. The van der Waals surface area contributed by atoms with Crippen LogP contribution in [-0.2, 0) is 4.74 Å². The monoisotopic (exact) mass is 294 g/mol. The Morgan fingerprint density at radius 3 is 2.76 bits per heavy atom. The Morgan fingerprint density at radius 2 is 2.05 bits per heavy atom.